The van der Waals surface area contributed by atoms with Gasteiger partial charge in [0.2, 0.25) is 0 Å². The quantitative estimate of drug-likeness (QED) is 0.566. The number of halogens is 1. The number of carbonyl (C=O) groups is 3. The second-order valence-corrected chi connectivity index (χ2v) is 5.92. The van der Waals surface area contributed by atoms with Crippen molar-refractivity contribution in [2.24, 2.45) is 5.92 Å². The van der Waals surface area contributed by atoms with Crippen molar-refractivity contribution in [3.63, 3.8) is 0 Å². The second-order valence-electron chi connectivity index (χ2n) is 5.92. The number of rotatable bonds is 4. The molecule has 2 rings (SSSR count). The third-order valence-electron chi connectivity index (χ3n) is 4.05. The Kier molecular flexibility index (Phi) is 4.64. The number of urea groups is 2. The van der Waals surface area contributed by atoms with Crippen LogP contribution in [0.4, 0.5) is 14.0 Å². The van der Waals surface area contributed by atoms with Crippen molar-refractivity contribution < 1.29 is 18.8 Å². The molecule has 0 radical (unpaired) electrons. The van der Waals surface area contributed by atoms with Gasteiger partial charge in [0.25, 0.3) is 5.91 Å². The van der Waals surface area contributed by atoms with Crippen LogP contribution in [0.25, 0.3) is 0 Å². The highest BCUT2D eigenvalue weighted by Crippen LogP contribution is 2.25. The summed E-state index contributed by atoms with van der Waals surface area (Å²) < 4.78 is 13.0. The van der Waals surface area contributed by atoms with Gasteiger partial charge in [0, 0.05) is 6.54 Å². The van der Waals surface area contributed by atoms with Crippen molar-refractivity contribution in [1.29, 1.82) is 0 Å². The van der Waals surface area contributed by atoms with Crippen LogP contribution < -0.4 is 21.3 Å². The van der Waals surface area contributed by atoms with Crippen molar-refractivity contribution in [1.82, 2.24) is 21.3 Å². The van der Waals surface area contributed by atoms with Crippen molar-refractivity contribution in [3.8, 4) is 0 Å². The third-order valence-corrected chi connectivity index (χ3v) is 4.05. The van der Waals surface area contributed by atoms with Gasteiger partial charge in [-0.25, -0.2) is 14.0 Å². The summed E-state index contributed by atoms with van der Waals surface area (Å²) in [5.41, 5.74) is -1.12. The molecule has 0 aromatic carbocycles. The van der Waals surface area contributed by atoms with Crippen molar-refractivity contribution in [3.05, 3.63) is 0 Å². The highest BCUT2D eigenvalue weighted by Gasteiger charge is 2.42. The van der Waals surface area contributed by atoms with Gasteiger partial charge in [0.1, 0.15) is 11.7 Å². The minimum Gasteiger partial charge on any atom is -0.338 e. The van der Waals surface area contributed by atoms with E-state index in [2.05, 4.69) is 21.3 Å². The summed E-state index contributed by atoms with van der Waals surface area (Å²) in [6.07, 6.45) is 1.95. The standard InChI is InChI=1S/C13H21FN4O3/c1-13(10(19)17-12(21)18-13)7-16-11(20)15-6-8-2-4-9(14)5-3-8/h8-9H,2-7H2,1H3,(H2,15,16,20)(H2,17,18,19,21). The molecular formula is C13H21FN4O3. The minimum absolute atomic E-state index is 0.00757. The summed E-state index contributed by atoms with van der Waals surface area (Å²) in [7, 11) is 0. The Hall–Kier alpha value is -1.86. The van der Waals surface area contributed by atoms with Crippen molar-refractivity contribution in [2.45, 2.75) is 44.3 Å². The normalized spacial score (nSPS) is 32.3. The van der Waals surface area contributed by atoms with E-state index < -0.39 is 29.7 Å². The maximum absolute atomic E-state index is 13.0. The van der Waals surface area contributed by atoms with Crippen LogP contribution in [0.5, 0.6) is 0 Å². The number of alkyl halides is 1. The fourth-order valence-corrected chi connectivity index (χ4v) is 2.59. The molecule has 2 aliphatic rings. The molecule has 2 fully saturated rings. The van der Waals surface area contributed by atoms with Gasteiger partial charge in [0.05, 0.1) is 6.54 Å². The molecule has 1 heterocycles. The monoisotopic (exact) mass is 300 g/mol. The summed E-state index contributed by atoms with van der Waals surface area (Å²) in [5.74, 6) is -0.165. The Morgan fingerprint density at radius 3 is 2.52 bits per heavy atom. The third kappa shape index (κ3) is 4.05. The van der Waals surface area contributed by atoms with Crippen LogP contribution >= 0.6 is 0 Å². The second kappa shape index (κ2) is 6.28. The summed E-state index contributed by atoms with van der Waals surface area (Å²) in [6, 6.07) is -0.958. The lowest BCUT2D eigenvalue weighted by Crippen LogP contribution is -2.54. The van der Waals surface area contributed by atoms with Crippen LogP contribution in [0.2, 0.25) is 0 Å². The lowest BCUT2D eigenvalue weighted by molar-refractivity contribution is -0.123. The predicted molar refractivity (Wildman–Crippen MR) is 73.3 cm³/mol. The van der Waals surface area contributed by atoms with Crippen LogP contribution in [-0.2, 0) is 4.79 Å². The Bertz CT molecular complexity index is 437. The van der Waals surface area contributed by atoms with Crippen LogP contribution in [0.3, 0.4) is 0 Å². The van der Waals surface area contributed by atoms with Crippen molar-refractivity contribution >= 4 is 18.0 Å². The first-order valence-corrected chi connectivity index (χ1v) is 7.18. The van der Waals surface area contributed by atoms with Gasteiger partial charge in [-0.05, 0) is 38.5 Å². The van der Waals surface area contributed by atoms with Gasteiger partial charge in [-0.3, -0.25) is 10.1 Å². The van der Waals surface area contributed by atoms with Crippen LogP contribution in [0.15, 0.2) is 0 Å². The zero-order chi connectivity index (χ0) is 15.5. The number of nitrogens with one attached hydrogen (secondary N) is 4. The Morgan fingerprint density at radius 2 is 1.95 bits per heavy atom. The van der Waals surface area contributed by atoms with E-state index in [0.717, 1.165) is 12.8 Å². The average molecular weight is 300 g/mol. The Morgan fingerprint density at radius 1 is 1.29 bits per heavy atom. The topological polar surface area (TPSA) is 99.3 Å². The Balaban J connectivity index is 1.68. The molecule has 0 aromatic rings. The zero-order valence-corrected chi connectivity index (χ0v) is 12.0. The maximum atomic E-state index is 13.0. The van der Waals surface area contributed by atoms with E-state index in [-0.39, 0.29) is 6.54 Å². The van der Waals surface area contributed by atoms with Crippen molar-refractivity contribution in [2.75, 3.05) is 13.1 Å². The molecular weight excluding hydrogens is 279 g/mol. The molecule has 1 saturated heterocycles. The highest BCUT2D eigenvalue weighted by molar-refractivity contribution is 6.07. The molecule has 21 heavy (non-hydrogen) atoms. The zero-order valence-electron chi connectivity index (χ0n) is 12.0. The summed E-state index contributed by atoms with van der Waals surface area (Å²) in [4.78, 5) is 34.3. The molecule has 1 unspecified atom stereocenters. The maximum Gasteiger partial charge on any atom is 0.322 e. The number of amides is 5. The van der Waals surface area contributed by atoms with Gasteiger partial charge < -0.3 is 16.0 Å². The first-order chi connectivity index (χ1) is 9.89. The number of hydrogen-bond acceptors (Lipinski definition) is 3. The lowest BCUT2D eigenvalue weighted by Gasteiger charge is -2.25. The van der Waals surface area contributed by atoms with Gasteiger partial charge in [-0.15, -0.1) is 0 Å². The fraction of sp³-hybridized carbons (Fsp3) is 0.769. The van der Waals surface area contributed by atoms with Crippen LogP contribution in [-0.4, -0.2) is 42.8 Å². The predicted octanol–water partition coefficient (Wildman–Crippen LogP) is 0.412. The fourth-order valence-electron chi connectivity index (χ4n) is 2.59. The molecule has 7 nitrogen and oxygen atoms in total. The number of imide groups is 1. The van der Waals surface area contributed by atoms with Gasteiger partial charge in [-0.2, -0.15) is 0 Å². The van der Waals surface area contributed by atoms with Crippen LogP contribution in [0, 0.1) is 5.92 Å². The number of hydrogen-bond donors (Lipinski definition) is 4. The molecule has 0 bridgehead atoms. The molecule has 5 amide bonds. The summed E-state index contributed by atoms with van der Waals surface area (Å²) in [6.45, 7) is 2.04. The highest BCUT2D eigenvalue weighted by atomic mass is 19.1. The van der Waals surface area contributed by atoms with Crippen LogP contribution in [0.1, 0.15) is 32.6 Å². The van der Waals surface area contributed by atoms with E-state index >= 15 is 0 Å². The Labute approximate surface area is 122 Å². The largest absolute Gasteiger partial charge is 0.338 e. The smallest absolute Gasteiger partial charge is 0.322 e. The SMILES string of the molecule is CC1(CNC(=O)NCC2CCC(F)CC2)NC(=O)NC1=O. The molecule has 1 aliphatic heterocycles. The number of carbonyl (C=O) groups excluding carboxylic acids is 3. The molecule has 0 aromatic heterocycles. The first kappa shape index (κ1) is 15.5. The summed E-state index contributed by atoms with van der Waals surface area (Å²) >= 11 is 0. The van der Waals surface area contributed by atoms with E-state index in [1.54, 1.807) is 0 Å². The van der Waals surface area contributed by atoms with E-state index in [1.165, 1.54) is 6.92 Å². The molecule has 4 N–H and O–H groups in total. The summed E-state index contributed by atoms with van der Waals surface area (Å²) in [5, 5.41) is 9.87. The van der Waals surface area contributed by atoms with Gasteiger partial charge >= 0.3 is 12.1 Å². The molecule has 118 valence electrons. The average Bonchev–Trinajstić information content (AvgIpc) is 2.69. The molecule has 1 aliphatic carbocycles. The van der Waals surface area contributed by atoms with Gasteiger partial charge in [0.15, 0.2) is 0 Å². The lowest BCUT2D eigenvalue weighted by atomic mass is 9.88. The minimum atomic E-state index is -1.12. The van der Waals surface area contributed by atoms with E-state index in [1.807, 2.05) is 0 Å². The molecule has 1 atom stereocenters. The van der Waals surface area contributed by atoms with E-state index in [4.69, 9.17) is 0 Å². The molecule has 1 saturated carbocycles. The van der Waals surface area contributed by atoms with E-state index in [9.17, 15) is 18.8 Å². The van der Waals surface area contributed by atoms with E-state index in [0.29, 0.717) is 25.3 Å². The van der Waals surface area contributed by atoms with Gasteiger partial charge in [-0.1, -0.05) is 0 Å². The molecule has 8 heteroatoms. The first-order valence-electron chi connectivity index (χ1n) is 7.18. The molecule has 0 spiro atoms.